The highest BCUT2D eigenvalue weighted by Gasteiger charge is 2.26. The number of hydrogen-bond donors (Lipinski definition) is 1. The largest absolute Gasteiger partial charge is 0.481 e. The van der Waals surface area contributed by atoms with E-state index in [0.717, 1.165) is 6.26 Å². The molecule has 0 aromatic heterocycles. The minimum Gasteiger partial charge on any atom is -0.481 e. The predicted molar refractivity (Wildman–Crippen MR) is 58.1 cm³/mol. The van der Waals surface area contributed by atoms with Gasteiger partial charge < -0.3 is 5.11 Å². The van der Waals surface area contributed by atoms with Crippen molar-refractivity contribution < 1.29 is 18.3 Å². The molecule has 2 unspecified atom stereocenters. The van der Waals surface area contributed by atoms with Gasteiger partial charge in [0.05, 0.1) is 12.2 Å². The molecule has 0 aliphatic carbocycles. The van der Waals surface area contributed by atoms with E-state index >= 15 is 0 Å². The summed E-state index contributed by atoms with van der Waals surface area (Å²) in [7, 11) is -3.33. The molecule has 0 aliphatic rings. The van der Waals surface area contributed by atoms with Crippen LogP contribution in [0.25, 0.3) is 0 Å². The fraction of sp³-hybridized carbons (Fsp3) is 0.889. The van der Waals surface area contributed by atoms with Crippen LogP contribution in [0.15, 0.2) is 0 Å². The Balaban J connectivity index is 4.75. The van der Waals surface area contributed by atoms with Gasteiger partial charge in [-0.1, -0.05) is 13.8 Å². The summed E-state index contributed by atoms with van der Waals surface area (Å²) in [6, 6.07) is -0.165. The number of rotatable bonds is 6. The molecule has 0 aromatic carbocycles. The van der Waals surface area contributed by atoms with Gasteiger partial charge in [0.25, 0.3) is 0 Å². The van der Waals surface area contributed by atoms with Crippen LogP contribution in [0, 0.1) is 5.92 Å². The Kier molecular flexibility index (Phi) is 5.23. The molecule has 1 N–H and O–H groups in total. The van der Waals surface area contributed by atoms with E-state index in [2.05, 4.69) is 0 Å². The van der Waals surface area contributed by atoms with Crippen LogP contribution in [0.5, 0.6) is 0 Å². The van der Waals surface area contributed by atoms with Crippen LogP contribution < -0.4 is 0 Å². The summed E-state index contributed by atoms with van der Waals surface area (Å²) in [6.45, 7) is 5.18. The first-order chi connectivity index (χ1) is 6.70. The van der Waals surface area contributed by atoms with Gasteiger partial charge in [0.2, 0.25) is 10.0 Å². The highest BCUT2D eigenvalue weighted by molar-refractivity contribution is 7.88. The lowest BCUT2D eigenvalue weighted by Crippen LogP contribution is -2.41. The second-order valence-electron chi connectivity index (χ2n) is 3.83. The van der Waals surface area contributed by atoms with Gasteiger partial charge in [-0.25, -0.2) is 8.42 Å². The van der Waals surface area contributed by atoms with Crippen molar-refractivity contribution in [3.8, 4) is 0 Å². The number of aliphatic carboxylic acids is 1. The van der Waals surface area contributed by atoms with Gasteiger partial charge in [-0.2, -0.15) is 4.31 Å². The molecule has 0 amide bonds. The molecule has 0 bridgehead atoms. The third-order valence-corrected chi connectivity index (χ3v) is 3.74. The minimum absolute atomic E-state index is 0.0309. The van der Waals surface area contributed by atoms with Crippen LogP contribution in [-0.2, 0) is 14.8 Å². The number of sulfonamides is 1. The normalized spacial score (nSPS) is 16.3. The van der Waals surface area contributed by atoms with E-state index in [-0.39, 0.29) is 12.6 Å². The lowest BCUT2D eigenvalue weighted by Gasteiger charge is -2.27. The van der Waals surface area contributed by atoms with Crippen molar-refractivity contribution in [1.82, 2.24) is 4.31 Å². The molecule has 0 spiro atoms. The highest BCUT2D eigenvalue weighted by Crippen LogP contribution is 2.12. The van der Waals surface area contributed by atoms with Crippen LogP contribution in [0.4, 0.5) is 0 Å². The Bertz CT molecular complexity index is 312. The maximum absolute atomic E-state index is 11.4. The molecule has 0 fully saturated rings. The summed E-state index contributed by atoms with van der Waals surface area (Å²) in [5.74, 6) is -1.67. The zero-order valence-corrected chi connectivity index (χ0v) is 10.4. The maximum atomic E-state index is 11.4. The summed E-state index contributed by atoms with van der Waals surface area (Å²) in [5, 5.41) is 8.73. The SMILES string of the molecule is CCC(C)N(CC(C)C(=O)O)S(C)(=O)=O. The molecular weight excluding hydrogens is 218 g/mol. The van der Waals surface area contributed by atoms with Gasteiger partial charge in [-0.15, -0.1) is 0 Å². The van der Waals surface area contributed by atoms with E-state index in [4.69, 9.17) is 5.11 Å². The first-order valence-corrected chi connectivity index (χ1v) is 6.74. The van der Waals surface area contributed by atoms with Crippen molar-refractivity contribution in [3.05, 3.63) is 0 Å². The number of carbonyl (C=O) groups is 1. The van der Waals surface area contributed by atoms with E-state index in [1.54, 1.807) is 6.92 Å². The van der Waals surface area contributed by atoms with Crippen molar-refractivity contribution in [2.24, 2.45) is 5.92 Å². The summed E-state index contributed by atoms with van der Waals surface area (Å²) >= 11 is 0. The monoisotopic (exact) mass is 237 g/mol. The fourth-order valence-electron chi connectivity index (χ4n) is 1.19. The molecule has 6 heteroatoms. The number of carboxylic acid groups (broad SMARTS) is 1. The second kappa shape index (κ2) is 5.46. The number of carboxylic acids is 1. The van der Waals surface area contributed by atoms with Crippen LogP contribution in [-0.4, -0.2) is 42.6 Å². The summed E-state index contributed by atoms with van der Waals surface area (Å²) in [5.41, 5.74) is 0. The van der Waals surface area contributed by atoms with Crippen LogP contribution >= 0.6 is 0 Å². The van der Waals surface area contributed by atoms with Crippen molar-refractivity contribution >= 4 is 16.0 Å². The topological polar surface area (TPSA) is 74.7 Å². The van der Waals surface area contributed by atoms with E-state index in [1.807, 2.05) is 6.92 Å². The molecular formula is C9H19NO4S. The molecule has 90 valence electrons. The summed E-state index contributed by atoms with van der Waals surface area (Å²) in [6.07, 6.45) is 1.77. The fourth-order valence-corrected chi connectivity index (χ4v) is 2.49. The minimum atomic E-state index is -3.33. The van der Waals surface area contributed by atoms with Crippen molar-refractivity contribution in [2.45, 2.75) is 33.2 Å². The highest BCUT2D eigenvalue weighted by atomic mass is 32.2. The molecule has 0 saturated heterocycles. The molecule has 0 radical (unpaired) electrons. The summed E-state index contributed by atoms with van der Waals surface area (Å²) < 4.78 is 24.1. The zero-order chi connectivity index (χ0) is 12.2. The maximum Gasteiger partial charge on any atom is 0.307 e. The summed E-state index contributed by atoms with van der Waals surface area (Å²) in [4.78, 5) is 10.7. The van der Waals surface area contributed by atoms with E-state index in [9.17, 15) is 13.2 Å². The Morgan fingerprint density at radius 3 is 2.13 bits per heavy atom. The lowest BCUT2D eigenvalue weighted by molar-refractivity contribution is -0.141. The number of nitrogens with zero attached hydrogens (tertiary/aromatic N) is 1. The molecule has 0 aromatic rings. The van der Waals surface area contributed by atoms with Crippen LogP contribution in [0.1, 0.15) is 27.2 Å². The molecule has 0 saturated carbocycles. The number of hydrogen-bond acceptors (Lipinski definition) is 3. The Morgan fingerprint density at radius 1 is 1.40 bits per heavy atom. The Labute approximate surface area is 91.1 Å². The van der Waals surface area contributed by atoms with E-state index in [1.165, 1.54) is 11.2 Å². The quantitative estimate of drug-likeness (QED) is 0.740. The van der Waals surface area contributed by atoms with Gasteiger partial charge >= 0.3 is 5.97 Å². The van der Waals surface area contributed by atoms with Gasteiger partial charge in [-0.05, 0) is 13.3 Å². The standard InChI is InChI=1S/C9H19NO4S/c1-5-8(3)10(15(4,13)14)6-7(2)9(11)12/h7-8H,5-6H2,1-4H3,(H,11,12). The van der Waals surface area contributed by atoms with Crippen molar-refractivity contribution in [1.29, 1.82) is 0 Å². The molecule has 0 aliphatic heterocycles. The van der Waals surface area contributed by atoms with Gasteiger partial charge in [-0.3, -0.25) is 4.79 Å². The molecule has 15 heavy (non-hydrogen) atoms. The predicted octanol–water partition coefficient (Wildman–Crippen LogP) is 0.767. The smallest absolute Gasteiger partial charge is 0.307 e. The molecule has 5 nitrogen and oxygen atoms in total. The van der Waals surface area contributed by atoms with Crippen molar-refractivity contribution in [2.75, 3.05) is 12.8 Å². The zero-order valence-electron chi connectivity index (χ0n) is 9.60. The van der Waals surface area contributed by atoms with Crippen molar-refractivity contribution in [3.63, 3.8) is 0 Å². The van der Waals surface area contributed by atoms with E-state index < -0.39 is 21.9 Å². The Morgan fingerprint density at radius 2 is 1.87 bits per heavy atom. The van der Waals surface area contributed by atoms with Gasteiger partial charge in [0.1, 0.15) is 0 Å². The third-order valence-electron chi connectivity index (χ3n) is 2.38. The average Bonchev–Trinajstić information content (AvgIpc) is 2.10. The lowest BCUT2D eigenvalue weighted by atomic mass is 10.1. The third kappa shape index (κ3) is 4.61. The van der Waals surface area contributed by atoms with E-state index in [0.29, 0.717) is 6.42 Å². The molecule has 0 rings (SSSR count). The second-order valence-corrected chi connectivity index (χ2v) is 5.76. The first kappa shape index (κ1) is 14.4. The molecule has 0 heterocycles. The Hall–Kier alpha value is -0.620. The van der Waals surface area contributed by atoms with Crippen LogP contribution in [0.3, 0.4) is 0 Å². The molecule has 2 atom stereocenters. The van der Waals surface area contributed by atoms with Gasteiger partial charge in [0, 0.05) is 12.6 Å². The first-order valence-electron chi connectivity index (χ1n) is 4.89. The van der Waals surface area contributed by atoms with Crippen LogP contribution in [0.2, 0.25) is 0 Å². The average molecular weight is 237 g/mol. The van der Waals surface area contributed by atoms with Gasteiger partial charge in [0.15, 0.2) is 0 Å².